The van der Waals surface area contributed by atoms with E-state index in [0.717, 1.165) is 5.56 Å². The first kappa shape index (κ1) is 14.3. The molecule has 5 heteroatoms. The van der Waals surface area contributed by atoms with Crippen LogP contribution in [0.4, 0.5) is 0 Å². The Morgan fingerprint density at radius 1 is 1.42 bits per heavy atom. The fourth-order valence-electron chi connectivity index (χ4n) is 2.66. The van der Waals surface area contributed by atoms with Crippen molar-refractivity contribution in [3.05, 3.63) is 23.3 Å². The van der Waals surface area contributed by atoms with Gasteiger partial charge in [-0.15, -0.1) is 0 Å². The Hall–Kier alpha value is -1.07. The van der Waals surface area contributed by atoms with Gasteiger partial charge >= 0.3 is 0 Å². The van der Waals surface area contributed by atoms with Crippen LogP contribution in [0.25, 0.3) is 0 Å². The summed E-state index contributed by atoms with van der Waals surface area (Å²) in [7, 11) is -3.30. The topological polar surface area (TPSA) is 69.4 Å². The number of rotatable bonds is 2. The van der Waals surface area contributed by atoms with Gasteiger partial charge < -0.3 is 10.5 Å². The molecule has 1 aromatic carbocycles. The Morgan fingerprint density at radius 3 is 2.63 bits per heavy atom. The molecule has 0 saturated heterocycles. The summed E-state index contributed by atoms with van der Waals surface area (Å²) >= 11 is 0. The normalized spacial score (nSPS) is 21.6. The van der Waals surface area contributed by atoms with Crippen LogP contribution in [0.15, 0.2) is 17.0 Å². The lowest BCUT2D eigenvalue weighted by molar-refractivity contribution is 0.0715. The van der Waals surface area contributed by atoms with Crippen molar-refractivity contribution in [2.45, 2.75) is 50.7 Å². The van der Waals surface area contributed by atoms with E-state index in [-0.39, 0.29) is 17.4 Å². The Morgan fingerprint density at radius 2 is 2.05 bits per heavy atom. The third-order valence-electron chi connectivity index (χ3n) is 3.51. The minimum absolute atomic E-state index is 0.0698. The molecule has 0 amide bonds. The molecule has 19 heavy (non-hydrogen) atoms. The number of aryl methyl sites for hydroxylation is 1. The number of benzene rings is 1. The summed E-state index contributed by atoms with van der Waals surface area (Å²) in [6.45, 7) is 7.37. The van der Waals surface area contributed by atoms with Gasteiger partial charge in [-0.25, -0.2) is 8.42 Å². The predicted molar refractivity (Wildman–Crippen MR) is 75.2 cm³/mol. The van der Waals surface area contributed by atoms with Crippen LogP contribution in [-0.2, 0) is 9.84 Å². The fourth-order valence-corrected chi connectivity index (χ4v) is 4.09. The zero-order chi connectivity index (χ0) is 14.4. The SMILES string of the molecule is CCS(=O)(=O)c1c(C)ccc2c1C(N)CC(C)(C)O2. The molecule has 4 nitrogen and oxygen atoms in total. The Labute approximate surface area is 114 Å². The molecule has 1 atom stereocenters. The summed E-state index contributed by atoms with van der Waals surface area (Å²) in [4.78, 5) is 0.357. The van der Waals surface area contributed by atoms with Crippen molar-refractivity contribution in [3.63, 3.8) is 0 Å². The largest absolute Gasteiger partial charge is 0.487 e. The lowest BCUT2D eigenvalue weighted by Gasteiger charge is -2.37. The number of ether oxygens (including phenoxy) is 1. The Balaban J connectivity index is 2.72. The minimum Gasteiger partial charge on any atom is -0.487 e. The summed E-state index contributed by atoms with van der Waals surface area (Å²) in [5.74, 6) is 0.668. The maximum Gasteiger partial charge on any atom is 0.178 e. The van der Waals surface area contributed by atoms with E-state index in [1.165, 1.54) is 0 Å². The highest BCUT2D eigenvalue weighted by molar-refractivity contribution is 7.91. The molecule has 1 aromatic rings. The smallest absolute Gasteiger partial charge is 0.178 e. The van der Waals surface area contributed by atoms with Crippen LogP contribution in [0.3, 0.4) is 0 Å². The molecule has 2 N–H and O–H groups in total. The number of hydrogen-bond donors (Lipinski definition) is 1. The quantitative estimate of drug-likeness (QED) is 0.904. The molecule has 2 rings (SSSR count). The molecule has 0 aromatic heterocycles. The average Bonchev–Trinajstić information content (AvgIpc) is 2.28. The Kier molecular flexibility index (Phi) is 3.39. The van der Waals surface area contributed by atoms with E-state index in [2.05, 4.69) is 0 Å². The van der Waals surface area contributed by atoms with E-state index in [0.29, 0.717) is 22.6 Å². The molecule has 106 valence electrons. The molecule has 0 fully saturated rings. The lowest BCUT2D eigenvalue weighted by atomic mass is 9.89. The molecule has 1 heterocycles. The van der Waals surface area contributed by atoms with Crippen LogP contribution in [0.5, 0.6) is 5.75 Å². The molecule has 0 aliphatic carbocycles. The van der Waals surface area contributed by atoms with Gasteiger partial charge in [0.25, 0.3) is 0 Å². The second kappa shape index (κ2) is 4.49. The van der Waals surface area contributed by atoms with E-state index >= 15 is 0 Å². The number of fused-ring (bicyclic) bond motifs is 1. The minimum atomic E-state index is -3.30. The zero-order valence-corrected chi connectivity index (χ0v) is 12.7. The van der Waals surface area contributed by atoms with Gasteiger partial charge in [-0.3, -0.25) is 0 Å². The van der Waals surface area contributed by atoms with Crippen LogP contribution < -0.4 is 10.5 Å². The van der Waals surface area contributed by atoms with Gasteiger partial charge in [-0.2, -0.15) is 0 Å². The van der Waals surface area contributed by atoms with Crippen LogP contribution in [-0.4, -0.2) is 19.8 Å². The number of hydrogen-bond acceptors (Lipinski definition) is 4. The molecule has 0 saturated carbocycles. The molecular weight excluding hydrogens is 262 g/mol. The van der Waals surface area contributed by atoms with Gasteiger partial charge in [-0.1, -0.05) is 13.0 Å². The van der Waals surface area contributed by atoms with Crippen molar-refractivity contribution in [2.24, 2.45) is 5.73 Å². The van der Waals surface area contributed by atoms with E-state index in [1.807, 2.05) is 19.9 Å². The number of sulfone groups is 1. The Bertz CT molecular complexity index is 605. The predicted octanol–water partition coefficient (Wildman–Crippen LogP) is 2.35. The van der Waals surface area contributed by atoms with Gasteiger partial charge in [0.05, 0.1) is 10.6 Å². The molecule has 1 unspecified atom stereocenters. The summed E-state index contributed by atoms with van der Waals surface area (Å²) < 4.78 is 30.5. The third-order valence-corrected chi connectivity index (χ3v) is 5.44. The van der Waals surface area contributed by atoms with Crippen LogP contribution >= 0.6 is 0 Å². The standard InChI is InChI=1S/C14H21NO3S/c1-5-19(16,17)13-9(2)6-7-11-12(13)10(15)8-14(3,4)18-11/h6-7,10H,5,8,15H2,1-4H3. The lowest BCUT2D eigenvalue weighted by Crippen LogP contribution is -2.38. The van der Waals surface area contributed by atoms with Gasteiger partial charge in [0.15, 0.2) is 9.84 Å². The first-order chi connectivity index (χ1) is 8.68. The third kappa shape index (κ3) is 2.49. The molecule has 0 bridgehead atoms. The molecule has 1 aliphatic rings. The molecular formula is C14H21NO3S. The molecule has 1 aliphatic heterocycles. The van der Waals surface area contributed by atoms with Crippen molar-refractivity contribution in [1.82, 2.24) is 0 Å². The van der Waals surface area contributed by atoms with E-state index in [4.69, 9.17) is 10.5 Å². The highest BCUT2D eigenvalue weighted by Gasteiger charge is 2.36. The number of nitrogens with two attached hydrogens (primary N) is 1. The maximum absolute atomic E-state index is 12.3. The van der Waals surface area contributed by atoms with Crippen LogP contribution in [0.1, 0.15) is 44.4 Å². The van der Waals surface area contributed by atoms with Crippen molar-refractivity contribution >= 4 is 9.84 Å². The van der Waals surface area contributed by atoms with Crippen molar-refractivity contribution in [1.29, 1.82) is 0 Å². The monoisotopic (exact) mass is 283 g/mol. The second-order valence-corrected chi connectivity index (χ2v) is 7.91. The summed E-state index contributed by atoms with van der Waals surface area (Å²) in [5.41, 5.74) is 7.21. The molecule has 0 spiro atoms. The first-order valence-electron chi connectivity index (χ1n) is 6.49. The van der Waals surface area contributed by atoms with Crippen LogP contribution in [0, 0.1) is 6.92 Å². The second-order valence-electron chi connectivity index (χ2n) is 5.70. The highest BCUT2D eigenvalue weighted by atomic mass is 32.2. The van der Waals surface area contributed by atoms with Gasteiger partial charge in [0.2, 0.25) is 0 Å². The maximum atomic E-state index is 12.3. The van der Waals surface area contributed by atoms with Gasteiger partial charge in [0, 0.05) is 18.0 Å². The highest BCUT2D eigenvalue weighted by Crippen LogP contribution is 2.42. The van der Waals surface area contributed by atoms with E-state index < -0.39 is 9.84 Å². The van der Waals surface area contributed by atoms with Crippen molar-refractivity contribution in [2.75, 3.05) is 5.75 Å². The summed E-state index contributed by atoms with van der Waals surface area (Å²) in [6.07, 6.45) is 0.607. The summed E-state index contributed by atoms with van der Waals surface area (Å²) in [6, 6.07) is 3.30. The molecule has 0 radical (unpaired) electrons. The first-order valence-corrected chi connectivity index (χ1v) is 8.14. The zero-order valence-electron chi connectivity index (χ0n) is 11.9. The fraction of sp³-hybridized carbons (Fsp3) is 0.571. The average molecular weight is 283 g/mol. The van der Waals surface area contributed by atoms with Crippen molar-refractivity contribution in [3.8, 4) is 5.75 Å². The van der Waals surface area contributed by atoms with Gasteiger partial charge in [0.1, 0.15) is 11.4 Å². The van der Waals surface area contributed by atoms with E-state index in [1.54, 1.807) is 19.9 Å². The van der Waals surface area contributed by atoms with Crippen LogP contribution in [0.2, 0.25) is 0 Å². The van der Waals surface area contributed by atoms with Gasteiger partial charge in [-0.05, 0) is 32.4 Å². The van der Waals surface area contributed by atoms with E-state index in [9.17, 15) is 8.42 Å². The van der Waals surface area contributed by atoms with Crippen molar-refractivity contribution < 1.29 is 13.2 Å². The summed E-state index contributed by atoms with van der Waals surface area (Å²) in [5, 5.41) is 0.